The molecular weight excluding hydrogens is 376 g/mol. The van der Waals surface area contributed by atoms with Crippen LogP contribution >= 0.6 is 0 Å². The van der Waals surface area contributed by atoms with Crippen molar-refractivity contribution in [1.29, 1.82) is 0 Å². The standard InChI is InChI=1S/C20H26N4O3S/c1-3-22-12-14-23(15-13-22)20(25)24(16-18-6-4-5-11-21-18)28(26,27)19-9-7-17(2)8-10-19/h4-11H,3,12-16H2,1-2H3. The fourth-order valence-electron chi connectivity index (χ4n) is 3.14. The van der Waals surface area contributed by atoms with Crippen LogP contribution in [0.2, 0.25) is 0 Å². The van der Waals surface area contributed by atoms with Crippen LogP contribution in [-0.4, -0.2) is 66.3 Å². The Morgan fingerprint density at radius 1 is 1.07 bits per heavy atom. The summed E-state index contributed by atoms with van der Waals surface area (Å²) in [6.45, 7) is 7.29. The number of nitrogens with zero attached hydrogens (tertiary/aromatic N) is 4. The first kappa shape index (κ1) is 20.3. The van der Waals surface area contributed by atoms with Crippen molar-refractivity contribution in [3.63, 3.8) is 0 Å². The Bertz CT molecular complexity index is 893. The molecule has 8 heteroatoms. The molecule has 1 aliphatic rings. The maximum Gasteiger partial charge on any atom is 0.334 e. The quantitative estimate of drug-likeness (QED) is 0.767. The first-order chi connectivity index (χ1) is 13.4. The van der Waals surface area contributed by atoms with Crippen molar-refractivity contribution in [2.24, 2.45) is 0 Å². The van der Waals surface area contributed by atoms with E-state index in [0.29, 0.717) is 18.8 Å². The predicted molar refractivity (Wildman–Crippen MR) is 107 cm³/mol. The minimum absolute atomic E-state index is 0.0934. The van der Waals surface area contributed by atoms with E-state index >= 15 is 0 Å². The highest BCUT2D eigenvalue weighted by Crippen LogP contribution is 2.21. The molecular formula is C20H26N4O3S. The van der Waals surface area contributed by atoms with Crippen molar-refractivity contribution in [1.82, 2.24) is 19.1 Å². The Kier molecular flexibility index (Phi) is 6.31. The van der Waals surface area contributed by atoms with Crippen LogP contribution in [0.15, 0.2) is 53.6 Å². The zero-order chi connectivity index (χ0) is 20.1. The van der Waals surface area contributed by atoms with Crippen LogP contribution in [-0.2, 0) is 16.6 Å². The second kappa shape index (κ2) is 8.70. The van der Waals surface area contributed by atoms with E-state index in [0.717, 1.165) is 29.5 Å². The highest BCUT2D eigenvalue weighted by atomic mass is 32.2. The number of urea groups is 1. The van der Waals surface area contributed by atoms with Crippen molar-refractivity contribution >= 4 is 16.1 Å². The van der Waals surface area contributed by atoms with Gasteiger partial charge in [0.05, 0.1) is 17.1 Å². The zero-order valence-corrected chi connectivity index (χ0v) is 17.1. The van der Waals surface area contributed by atoms with Crippen molar-refractivity contribution in [3.8, 4) is 0 Å². The summed E-state index contributed by atoms with van der Waals surface area (Å²) in [6.07, 6.45) is 1.59. The van der Waals surface area contributed by atoms with Gasteiger partial charge in [-0.15, -0.1) is 0 Å². The van der Waals surface area contributed by atoms with E-state index in [1.165, 1.54) is 0 Å². The summed E-state index contributed by atoms with van der Waals surface area (Å²) in [4.78, 5) is 21.4. The summed E-state index contributed by atoms with van der Waals surface area (Å²) in [5, 5.41) is 0. The lowest BCUT2D eigenvalue weighted by Crippen LogP contribution is -2.53. The number of rotatable bonds is 5. The summed E-state index contributed by atoms with van der Waals surface area (Å²) in [5.74, 6) is 0. The summed E-state index contributed by atoms with van der Waals surface area (Å²) < 4.78 is 27.5. The van der Waals surface area contributed by atoms with Gasteiger partial charge in [-0.25, -0.2) is 17.5 Å². The Balaban J connectivity index is 1.90. The van der Waals surface area contributed by atoms with Gasteiger partial charge in [-0.3, -0.25) is 4.98 Å². The van der Waals surface area contributed by atoms with E-state index in [-0.39, 0.29) is 11.4 Å². The molecule has 7 nitrogen and oxygen atoms in total. The zero-order valence-electron chi connectivity index (χ0n) is 16.3. The van der Waals surface area contributed by atoms with E-state index in [2.05, 4.69) is 16.8 Å². The molecule has 0 bridgehead atoms. The molecule has 1 fully saturated rings. The van der Waals surface area contributed by atoms with Crippen LogP contribution in [0.25, 0.3) is 0 Å². The highest BCUT2D eigenvalue weighted by Gasteiger charge is 2.34. The lowest BCUT2D eigenvalue weighted by atomic mass is 10.2. The SMILES string of the molecule is CCN1CCN(C(=O)N(Cc2ccccn2)S(=O)(=O)c2ccc(C)cc2)CC1. The van der Waals surface area contributed by atoms with E-state index < -0.39 is 16.1 Å². The largest absolute Gasteiger partial charge is 0.334 e. The van der Waals surface area contributed by atoms with Gasteiger partial charge in [-0.2, -0.15) is 0 Å². The maximum atomic E-state index is 13.3. The Hall–Kier alpha value is -2.45. The van der Waals surface area contributed by atoms with Gasteiger partial charge < -0.3 is 9.80 Å². The minimum atomic E-state index is -4.00. The van der Waals surface area contributed by atoms with E-state index in [4.69, 9.17) is 0 Å². The van der Waals surface area contributed by atoms with Gasteiger partial charge in [0.15, 0.2) is 0 Å². The second-order valence-corrected chi connectivity index (χ2v) is 8.71. The van der Waals surface area contributed by atoms with Gasteiger partial charge in [0, 0.05) is 32.4 Å². The number of carbonyl (C=O) groups excluding carboxylic acids is 1. The molecule has 1 aliphatic heterocycles. The van der Waals surface area contributed by atoms with Crippen LogP contribution in [0.1, 0.15) is 18.2 Å². The molecule has 1 aromatic heterocycles. The van der Waals surface area contributed by atoms with Crippen molar-refractivity contribution in [3.05, 3.63) is 59.9 Å². The third-order valence-electron chi connectivity index (χ3n) is 4.94. The number of likely N-dealkylation sites (N-methyl/N-ethyl adjacent to an activating group) is 1. The molecule has 0 atom stereocenters. The first-order valence-electron chi connectivity index (χ1n) is 9.42. The summed E-state index contributed by atoms with van der Waals surface area (Å²) in [6, 6.07) is 11.3. The van der Waals surface area contributed by atoms with E-state index in [1.54, 1.807) is 53.6 Å². The third-order valence-corrected chi connectivity index (χ3v) is 6.68. The number of sulfonamides is 1. The number of aryl methyl sites for hydroxylation is 1. The van der Waals surface area contributed by atoms with Crippen LogP contribution in [0, 0.1) is 6.92 Å². The highest BCUT2D eigenvalue weighted by molar-refractivity contribution is 7.89. The molecule has 0 spiro atoms. The van der Waals surface area contributed by atoms with Crippen LogP contribution in [0.3, 0.4) is 0 Å². The Morgan fingerprint density at radius 2 is 1.75 bits per heavy atom. The van der Waals surface area contributed by atoms with E-state index in [9.17, 15) is 13.2 Å². The first-order valence-corrected chi connectivity index (χ1v) is 10.9. The van der Waals surface area contributed by atoms with Gasteiger partial charge in [0.25, 0.3) is 10.0 Å². The fraction of sp³-hybridized carbons (Fsp3) is 0.400. The molecule has 0 aliphatic carbocycles. The van der Waals surface area contributed by atoms with Gasteiger partial charge in [-0.1, -0.05) is 30.7 Å². The minimum Gasteiger partial charge on any atom is -0.321 e. The summed E-state index contributed by atoms with van der Waals surface area (Å²) >= 11 is 0. The summed E-state index contributed by atoms with van der Waals surface area (Å²) in [7, 11) is -4.00. The Labute approximate surface area is 166 Å². The average Bonchev–Trinajstić information content (AvgIpc) is 2.72. The molecule has 0 saturated carbocycles. The number of piperazine rings is 1. The van der Waals surface area contributed by atoms with Crippen LogP contribution in [0.5, 0.6) is 0 Å². The molecule has 0 radical (unpaired) electrons. The third kappa shape index (κ3) is 4.51. The smallest absolute Gasteiger partial charge is 0.321 e. The number of carbonyl (C=O) groups is 1. The molecule has 2 aromatic rings. The molecule has 2 heterocycles. The maximum absolute atomic E-state index is 13.3. The lowest BCUT2D eigenvalue weighted by molar-refractivity contribution is 0.129. The van der Waals surface area contributed by atoms with Crippen LogP contribution in [0.4, 0.5) is 4.79 Å². The number of hydrogen-bond donors (Lipinski definition) is 0. The molecule has 1 aromatic carbocycles. The molecule has 28 heavy (non-hydrogen) atoms. The molecule has 1 saturated heterocycles. The predicted octanol–water partition coefficient (Wildman–Crippen LogP) is 2.34. The summed E-state index contributed by atoms with van der Waals surface area (Å²) in [5.41, 5.74) is 1.48. The molecule has 0 N–H and O–H groups in total. The number of aromatic nitrogens is 1. The lowest BCUT2D eigenvalue weighted by Gasteiger charge is -2.36. The number of benzene rings is 1. The topological polar surface area (TPSA) is 73.8 Å². The number of pyridine rings is 1. The molecule has 3 rings (SSSR count). The van der Waals surface area contributed by atoms with Crippen molar-refractivity contribution < 1.29 is 13.2 Å². The van der Waals surface area contributed by atoms with Gasteiger partial charge in [0.2, 0.25) is 0 Å². The second-order valence-electron chi connectivity index (χ2n) is 6.85. The van der Waals surface area contributed by atoms with Gasteiger partial charge >= 0.3 is 6.03 Å². The van der Waals surface area contributed by atoms with Crippen LogP contribution < -0.4 is 0 Å². The monoisotopic (exact) mass is 402 g/mol. The fourth-order valence-corrected chi connectivity index (χ4v) is 4.50. The average molecular weight is 403 g/mol. The van der Waals surface area contributed by atoms with Crippen molar-refractivity contribution in [2.75, 3.05) is 32.7 Å². The Morgan fingerprint density at radius 3 is 2.32 bits per heavy atom. The van der Waals surface area contributed by atoms with E-state index in [1.807, 2.05) is 6.92 Å². The number of hydrogen-bond acceptors (Lipinski definition) is 5. The van der Waals surface area contributed by atoms with Gasteiger partial charge in [0.1, 0.15) is 0 Å². The normalized spacial score (nSPS) is 15.4. The molecule has 2 amide bonds. The molecule has 150 valence electrons. The number of amides is 2. The molecule has 0 unspecified atom stereocenters. The van der Waals surface area contributed by atoms with Crippen molar-refractivity contribution in [2.45, 2.75) is 25.3 Å². The van der Waals surface area contributed by atoms with Gasteiger partial charge in [-0.05, 0) is 37.7 Å².